The number of nitrogens with one attached hydrogen (secondary N) is 1. The van der Waals surface area contributed by atoms with Gasteiger partial charge >= 0.3 is 6.09 Å². The van der Waals surface area contributed by atoms with E-state index in [1.165, 1.54) is 20.7 Å². The molecule has 1 aromatic carbocycles. The van der Waals surface area contributed by atoms with Crippen LogP contribution >= 0.6 is 0 Å². The maximum absolute atomic E-state index is 13.8. The van der Waals surface area contributed by atoms with Gasteiger partial charge in [0, 0.05) is 69.0 Å². The molecule has 0 bridgehead atoms. The second kappa shape index (κ2) is 12.7. The molecule has 3 aromatic heterocycles. The smallest absolute Gasteiger partial charge is 0.410 e. The molecule has 0 radical (unpaired) electrons. The van der Waals surface area contributed by atoms with E-state index in [2.05, 4.69) is 21.0 Å². The average molecular weight is 642 g/mol. The van der Waals surface area contributed by atoms with E-state index in [1.807, 2.05) is 39.0 Å². The van der Waals surface area contributed by atoms with Crippen LogP contribution in [0, 0.1) is 0 Å². The third-order valence-electron chi connectivity index (χ3n) is 8.79. The summed E-state index contributed by atoms with van der Waals surface area (Å²) < 4.78 is 10.8. The first-order valence-electron chi connectivity index (χ1n) is 16.1. The molecule has 12 heteroatoms. The Morgan fingerprint density at radius 1 is 1.11 bits per heavy atom. The van der Waals surface area contributed by atoms with E-state index in [0.717, 1.165) is 31.2 Å². The van der Waals surface area contributed by atoms with Crippen LogP contribution in [0.2, 0.25) is 0 Å². The Hall–Kier alpha value is -4.84. The first-order valence-corrected chi connectivity index (χ1v) is 16.1. The number of anilines is 3. The van der Waals surface area contributed by atoms with Crippen LogP contribution in [0.4, 0.5) is 22.0 Å². The standard InChI is InChI=1S/C35H43N7O5/c1-35(2,3)47-34(46)38(4)15-16-40-14-13-31(37-40)36-27-19-24(21-39(5)32(27)44)25-10-8-12-29(26(25)22-43)42-18-17-41-28-11-7-6-9-23(28)20-30(41)33(42)45/h8,10,12-14,19-21,43H,6-7,9,11,15-18,22H2,1-5H3,(H,36,37). The van der Waals surface area contributed by atoms with Crippen LogP contribution in [-0.2, 0) is 44.3 Å². The number of carbonyl (C=O) groups is 2. The highest BCUT2D eigenvalue weighted by atomic mass is 16.6. The van der Waals surface area contributed by atoms with Crippen LogP contribution in [0.5, 0.6) is 0 Å². The molecule has 0 saturated heterocycles. The van der Waals surface area contributed by atoms with E-state index in [0.29, 0.717) is 60.2 Å². The summed E-state index contributed by atoms with van der Waals surface area (Å²) in [6, 6.07) is 11.2. The van der Waals surface area contributed by atoms with E-state index < -0.39 is 11.7 Å². The first kappa shape index (κ1) is 32.1. The fourth-order valence-corrected chi connectivity index (χ4v) is 6.45. The van der Waals surface area contributed by atoms with Crippen LogP contribution < -0.4 is 15.8 Å². The van der Waals surface area contributed by atoms with Crippen LogP contribution in [-0.4, -0.2) is 66.7 Å². The van der Waals surface area contributed by atoms with E-state index in [1.54, 1.807) is 48.2 Å². The zero-order valence-electron chi connectivity index (χ0n) is 27.7. The van der Waals surface area contributed by atoms with Crippen LogP contribution in [0.15, 0.2) is 53.6 Å². The number of hydrogen-bond acceptors (Lipinski definition) is 7. The van der Waals surface area contributed by atoms with Gasteiger partial charge in [0.25, 0.3) is 11.5 Å². The number of aliphatic hydroxyl groups excluding tert-OH is 1. The zero-order chi connectivity index (χ0) is 33.5. The van der Waals surface area contributed by atoms with Gasteiger partial charge in [0.15, 0.2) is 5.82 Å². The number of pyridine rings is 1. The van der Waals surface area contributed by atoms with Gasteiger partial charge in [-0.05, 0) is 75.8 Å². The van der Waals surface area contributed by atoms with Crippen molar-refractivity contribution < 1.29 is 19.4 Å². The molecule has 1 aliphatic heterocycles. The fourth-order valence-electron chi connectivity index (χ4n) is 6.45. The van der Waals surface area contributed by atoms with E-state index in [9.17, 15) is 19.5 Å². The lowest BCUT2D eigenvalue weighted by Gasteiger charge is -2.31. The molecule has 47 heavy (non-hydrogen) atoms. The lowest BCUT2D eigenvalue weighted by atomic mass is 9.98. The van der Waals surface area contributed by atoms with Gasteiger partial charge in [0.1, 0.15) is 17.0 Å². The molecule has 2 amide bonds. The van der Waals surface area contributed by atoms with Crippen molar-refractivity contribution in [3.63, 3.8) is 0 Å². The monoisotopic (exact) mass is 641 g/mol. The molecule has 0 saturated carbocycles. The van der Waals surface area contributed by atoms with Crippen molar-refractivity contribution >= 4 is 29.2 Å². The van der Waals surface area contributed by atoms with Crippen molar-refractivity contribution in [2.24, 2.45) is 7.05 Å². The summed E-state index contributed by atoms with van der Waals surface area (Å²) in [5.74, 6) is 0.410. The number of likely N-dealkylation sites (N-methyl/N-ethyl adjacent to an activating group) is 1. The normalized spacial score (nSPS) is 14.5. The van der Waals surface area contributed by atoms with Crippen molar-refractivity contribution in [2.45, 2.75) is 71.8 Å². The number of nitrogens with zero attached hydrogens (tertiary/aromatic N) is 6. The largest absolute Gasteiger partial charge is 0.444 e. The number of ether oxygens (including phenoxy) is 1. The highest BCUT2D eigenvalue weighted by molar-refractivity contribution is 6.07. The van der Waals surface area contributed by atoms with Gasteiger partial charge < -0.3 is 34.1 Å². The molecule has 12 nitrogen and oxygen atoms in total. The average Bonchev–Trinajstić information content (AvgIpc) is 3.65. The van der Waals surface area contributed by atoms with Crippen molar-refractivity contribution in [2.75, 3.05) is 30.4 Å². The Morgan fingerprint density at radius 2 is 1.89 bits per heavy atom. The van der Waals surface area contributed by atoms with Gasteiger partial charge in [-0.1, -0.05) is 12.1 Å². The quantitative estimate of drug-likeness (QED) is 0.286. The Kier molecular flexibility index (Phi) is 8.71. The van der Waals surface area contributed by atoms with Crippen molar-refractivity contribution in [1.29, 1.82) is 0 Å². The number of hydrogen-bond donors (Lipinski definition) is 2. The summed E-state index contributed by atoms with van der Waals surface area (Å²) in [4.78, 5) is 42.6. The second-order valence-corrected chi connectivity index (χ2v) is 13.3. The fraction of sp³-hybridized carbons (Fsp3) is 0.429. The minimum Gasteiger partial charge on any atom is -0.444 e. The topological polar surface area (TPSA) is 127 Å². The summed E-state index contributed by atoms with van der Waals surface area (Å²) >= 11 is 0. The molecule has 0 unspecified atom stereocenters. The molecule has 2 aliphatic rings. The van der Waals surface area contributed by atoms with Crippen molar-refractivity contribution in [1.82, 2.24) is 23.8 Å². The number of rotatable bonds is 8. The number of aryl methyl sites for hydroxylation is 2. The minimum atomic E-state index is -0.578. The minimum absolute atomic E-state index is 0.0619. The molecule has 0 fully saturated rings. The van der Waals surface area contributed by atoms with Gasteiger partial charge in [-0.2, -0.15) is 5.10 Å². The molecular weight excluding hydrogens is 598 g/mol. The summed E-state index contributed by atoms with van der Waals surface area (Å²) in [5.41, 5.74) is 5.49. The predicted octanol–water partition coefficient (Wildman–Crippen LogP) is 4.69. The van der Waals surface area contributed by atoms with Crippen LogP contribution in [0.1, 0.15) is 60.9 Å². The number of benzene rings is 1. The molecule has 4 heterocycles. The Bertz CT molecular complexity index is 1880. The first-order chi connectivity index (χ1) is 22.4. The number of carbonyl (C=O) groups excluding carboxylic acids is 2. The molecule has 1 aliphatic carbocycles. The Balaban J connectivity index is 1.23. The van der Waals surface area contributed by atoms with E-state index in [4.69, 9.17) is 4.74 Å². The lowest BCUT2D eigenvalue weighted by molar-refractivity contribution is 0.0292. The molecule has 0 spiro atoms. The van der Waals surface area contributed by atoms with Gasteiger partial charge in [0.05, 0.1) is 18.8 Å². The SMILES string of the molecule is CN(CCn1ccc(Nc2cc(-c3cccc(N4CCn5c(cc6c5CCCC6)C4=O)c3CO)cn(C)c2=O)n1)C(=O)OC(C)(C)C. The van der Waals surface area contributed by atoms with Gasteiger partial charge in [-0.3, -0.25) is 14.3 Å². The van der Waals surface area contributed by atoms with Gasteiger partial charge in [-0.15, -0.1) is 0 Å². The summed E-state index contributed by atoms with van der Waals surface area (Å²) in [5, 5.41) is 18.3. The number of aromatic nitrogens is 4. The number of aliphatic hydroxyl groups is 1. The van der Waals surface area contributed by atoms with Gasteiger partial charge in [0.2, 0.25) is 0 Å². The number of fused-ring (bicyclic) bond motifs is 3. The molecule has 0 atom stereocenters. The van der Waals surface area contributed by atoms with Crippen LogP contribution in [0.3, 0.4) is 0 Å². The maximum atomic E-state index is 13.8. The summed E-state index contributed by atoms with van der Waals surface area (Å²) in [7, 11) is 3.35. The Labute approximate surface area is 274 Å². The van der Waals surface area contributed by atoms with Gasteiger partial charge in [-0.25, -0.2) is 4.79 Å². The molecular formula is C35H43N7O5. The summed E-state index contributed by atoms with van der Waals surface area (Å²) in [6.45, 7) is 7.24. The highest BCUT2D eigenvalue weighted by Crippen LogP contribution is 2.35. The zero-order valence-corrected chi connectivity index (χ0v) is 27.7. The maximum Gasteiger partial charge on any atom is 0.410 e. The predicted molar refractivity (Wildman–Crippen MR) is 180 cm³/mol. The molecule has 4 aromatic rings. The third kappa shape index (κ3) is 6.55. The van der Waals surface area contributed by atoms with E-state index >= 15 is 0 Å². The van der Waals surface area contributed by atoms with E-state index in [-0.39, 0.29) is 18.1 Å². The Morgan fingerprint density at radius 3 is 2.66 bits per heavy atom. The molecule has 6 rings (SSSR count). The summed E-state index contributed by atoms with van der Waals surface area (Å²) in [6.07, 6.45) is 7.41. The second-order valence-electron chi connectivity index (χ2n) is 13.3. The third-order valence-corrected chi connectivity index (χ3v) is 8.79. The molecule has 2 N–H and O–H groups in total. The molecule has 248 valence electrons. The number of amides is 2. The van der Waals surface area contributed by atoms with Crippen molar-refractivity contribution in [3.05, 3.63) is 81.7 Å². The highest BCUT2D eigenvalue weighted by Gasteiger charge is 2.31. The lowest BCUT2D eigenvalue weighted by Crippen LogP contribution is -2.41. The van der Waals surface area contributed by atoms with Crippen molar-refractivity contribution in [3.8, 4) is 11.1 Å². The van der Waals surface area contributed by atoms with Crippen LogP contribution in [0.25, 0.3) is 11.1 Å².